The molecule has 2 aliphatic rings. The molecule has 0 spiro atoms. The van der Waals surface area contributed by atoms with E-state index < -0.39 is 0 Å². The summed E-state index contributed by atoms with van der Waals surface area (Å²) in [7, 11) is 0. The number of hydrogen-bond acceptors (Lipinski definition) is 5. The Labute approximate surface area is 182 Å². The number of carbonyl (C=O) groups is 2. The van der Waals surface area contributed by atoms with Crippen LogP contribution >= 0.6 is 11.8 Å². The van der Waals surface area contributed by atoms with E-state index >= 15 is 0 Å². The lowest BCUT2D eigenvalue weighted by atomic mass is 10.1. The third-order valence-corrected chi connectivity index (χ3v) is 6.65. The van der Waals surface area contributed by atoms with Crippen molar-refractivity contribution in [3.05, 3.63) is 53.2 Å². The lowest BCUT2D eigenvalue weighted by Gasteiger charge is -2.29. The van der Waals surface area contributed by atoms with Crippen molar-refractivity contribution < 1.29 is 9.59 Å². The quantitative estimate of drug-likeness (QED) is 0.808. The molecule has 7 heteroatoms. The normalized spacial score (nSPS) is 17.0. The largest absolute Gasteiger partial charge is 0.356 e. The number of rotatable bonds is 4. The number of thioether (sulfide) groups is 1. The molecule has 2 saturated heterocycles. The summed E-state index contributed by atoms with van der Waals surface area (Å²) in [4.78, 5) is 34.4. The summed E-state index contributed by atoms with van der Waals surface area (Å²) < 4.78 is 0. The molecule has 2 aliphatic heterocycles. The molecular formula is C23H28N4O2S. The molecule has 2 fully saturated rings. The summed E-state index contributed by atoms with van der Waals surface area (Å²) in [6.45, 7) is 5.38. The van der Waals surface area contributed by atoms with Crippen LogP contribution < -0.4 is 10.2 Å². The molecule has 1 aromatic heterocycles. The first kappa shape index (κ1) is 20.7. The summed E-state index contributed by atoms with van der Waals surface area (Å²) in [5.74, 6) is 2.63. The Morgan fingerprint density at radius 1 is 1.03 bits per heavy atom. The highest BCUT2D eigenvalue weighted by Crippen LogP contribution is 2.24. The average Bonchev–Trinajstić information content (AvgIpc) is 2.81. The first-order valence-corrected chi connectivity index (χ1v) is 11.8. The number of pyridine rings is 1. The van der Waals surface area contributed by atoms with Gasteiger partial charge in [0.05, 0.1) is 5.56 Å². The van der Waals surface area contributed by atoms with Crippen molar-refractivity contribution in [2.24, 2.45) is 0 Å². The molecular weight excluding hydrogens is 396 g/mol. The Hall–Kier alpha value is -2.54. The molecule has 1 N–H and O–H groups in total. The van der Waals surface area contributed by atoms with Gasteiger partial charge in [0.15, 0.2) is 0 Å². The van der Waals surface area contributed by atoms with Crippen molar-refractivity contribution in [2.75, 3.05) is 47.9 Å². The third-order valence-electron chi connectivity index (χ3n) is 5.71. The number of benzene rings is 1. The Balaban J connectivity index is 1.49. The van der Waals surface area contributed by atoms with Gasteiger partial charge in [0.2, 0.25) is 0 Å². The van der Waals surface area contributed by atoms with Crippen LogP contribution in [0.15, 0.2) is 36.5 Å². The van der Waals surface area contributed by atoms with E-state index in [2.05, 4.69) is 15.2 Å². The molecule has 3 heterocycles. The third kappa shape index (κ3) is 4.61. The minimum atomic E-state index is -0.168. The van der Waals surface area contributed by atoms with Gasteiger partial charge in [0.1, 0.15) is 5.82 Å². The minimum absolute atomic E-state index is 0.0657. The molecule has 4 rings (SSSR count). The molecule has 1 aromatic carbocycles. The molecule has 0 radical (unpaired) electrons. The summed E-state index contributed by atoms with van der Waals surface area (Å²) in [5.41, 5.74) is 2.86. The van der Waals surface area contributed by atoms with Crippen LogP contribution in [0.4, 0.5) is 11.5 Å². The van der Waals surface area contributed by atoms with E-state index in [4.69, 9.17) is 0 Å². The number of hydrogen-bond donors (Lipinski definition) is 1. The number of amides is 2. The first-order valence-electron chi connectivity index (χ1n) is 10.6. The van der Waals surface area contributed by atoms with Crippen molar-refractivity contribution in [2.45, 2.75) is 26.2 Å². The minimum Gasteiger partial charge on any atom is -0.356 e. The van der Waals surface area contributed by atoms with Crippen LogP contribution in [0.1, 0.15) is 45.5 Å². The van der Waals surface area contributed by atoms with Crippen molar-refractivity contribution in [3.63, 3.8) is 0 Å². The number of aryl methyl sites for hydroxylation is 1. The molecule has 30 heavy (non-hydrogen) atoms. The Kier molecular flexibility index (Phi) is 6.57. The molecule has 0 atom stereocenters. The van der Waals surface area contributed by atoms with E-state index in [1.807, 2.05) is 47.9 Å². The van der Waals surface area contributed by atoms with Gasteiger partial charge in [-0.1, -0.05) is 0 Å². The Bertz CT molecular complexity index is 921. The first-order chi connectivity index (χ1) is 14.6. The van der Waals surface area contributed by atoms with E-state index in [1.54, 1.807) is 12.3 Å². The number of piperidine rings is 1. The fourth-order valence-corrected chi connectivity index (χ4v) is 4.91. The van der Waals surface area contributed by atoms with E-state index in [-0.39, 0.29) is 11.8 Å². The second-order valence-corrected chi connectivity index (χ2v) is 9.04. The molecule has 2 aromatic rings. The number of carbonyl (C=O) groups excluding carboxylic acids is 2. The number of nitrogens with one attached hydrogen (secondary N) is 1. The van der Waals surface area contributed by atoms with Crippen LogP contribution in [0.3, 0.4) is 0 Å². The van der Waals surface area contributed by atoms with Gasteiger partial charge in [-0.2, -0.15) is 11.8 Å². The summed E-state index contributed by atoms with van der Waals surface area (Å²) in [6, 6.07) is 9.13. The SMILES string of the molecule is Cc1cc(C(=O)N2CCSCC2)ccc1NC(=O)c1cccnc1N1CCCCC1. The number of anilines is 2. The highest BCUT2D eigenvalue weighted by Gasteiger charge is 2.21. The fourth-order valence-electron chi connectivity index (χ4n) is 4.01. The molecule has 0 unspecified atom stereocenters. The summed E-state index contributed by atoms with van der Waals surface area (Å²) >= 11 is 1.88. The Morgan fingerprint density at radius 2 is 1.80 bits per heavy atom. The van der Waals surface area contributed by atoms with Gasteiger partial charge in [-0.05, 0) is 62.1 Å². The Morgan fingerprint density at radius 3 is 2.53 bits per heavy atom. The molecule has 0 aliphatic carbocycles. The van der Waals surface area contributed by atoms with Crippen LogP contribution in [0.5, 0.6) is 0 Å². The number of nitrogens with zero attached hydrogens (tertiary/aromatic N) is 3. The summed E-state index contributed by atoms with van der Waals surface area (Å²) in [6.07, 6.45) is 5.22. The van der Waals surface area contributed by atoms with E-state index in [1.165, 1.54) is 6.42 Å². The van der Waals surface area contributed by atoms with E-state index in [0.717, 1.165) is 67.6 Å². The molecule has 0 saturated carbocycles. The average molecular weight is 425 g/mol. The zero-order valence-electron chi connectivity index (χ0n) is 17.4. The van der Waals surface area contributed by atoms with Gasteiger partial charge in [-0.3, -0.25) is 9.59 Å². The smallest absolute Gasteiger partial charge is 0.259 e. The zero-order valence-corrected chi connectivity index (χ0v) is 18.2. The predicted molar refractivity (Wildman–Crippen MR) is 123 cm³/mol. The highest BCUT2D eigenvalue weighted by atomic mass is 32.2. The monoisotopic (exact) mass is 424 g/mol. The van der Waals surface area contributed by atoms with Crippen molar-refractivity contribution in [1.29, 1.82) is 0 Å². The van der Waals surface area contributed by atoms with Crippen molar-refractivity contribution in [3.8, 4) is 0 Å². The van der Waals surface area contributed by atoms with Crippen molar-refractivity contribution in [1.82, 2.24) is 9.88 Å². The van der Waals surface area contributed by atoms with Gasteiger partial charge in [0.25, 0.3) is 11.8 Å². The maximum Gasteiger partial charge on any atom is 0.259 e. The lowest BCUT2D eigenvalue weighted by Crippen LogP contribution is -2.37. The molecule has 158 valence electrons. The van der Waals surface area contributed by atoms with Crippen LogP contribution in [-0.2, 0) is 0 Å². The predicted octanol–water partition coefficient (Wildman–Crippen LogP) is 3.82. The van der Waals surface area contributed by atoms with Gasteiger partial charge >= 0.3 is 0 Å². The highest BCUT2D eigenvalue weighted by molar-refractivity contribution is 7.99. The van der Waals surface area contributed by atoms with Crippen LogP contribution in [-0.4, -0.2) is 59.4 Å². The summed E-state index contributed by atoms with van der Waals surface area (Å²) in [5, 5.41) is 3.02. The van der Waals surface area contributed by atoms with Gasteiger partial charge in [-0.25, -0.2) is 4.98 Å². The van der Waals surface area contributed by atoms with Gasteiger partial charge in [-0.15, -0.1) is 0 Å². The van der Waals surface area contributed by atoms with Crippen LogP contribution in [0.25, 0.3) is 0 Å². The zero-order chi connectivity index (χ0) is 20.9. The van der Waals surface area contributed by atoms with E-state index in [0.29, 0.717) is 11.1 Å². The maximum atomic E-state index is 13.0. The lowest BCUT2D eigenvalue weighted by molar-refractivity contribution is 0.0772. The fraction of sp³-hybridized carbons (Fsp3) is 0.435. The van der Waals surface area contributed by atoms with Crippen LogP contribution in [0, 0.1) is 6.92 Å². The second kappa shape index (κ2) is 9.51. The van der Waals surface area contributed by atoms with E-state index in [9.17, 15) is 9.59 Å². The second-order valence-electron chi connectivity index (χ2n) is 7.81. The standard InChI is InChI=1S/C23H28N4O2S/c1-17-16-18(23(29)27-12-14-30-15-13-27)7-8-20(17)25-22(28)19-6-5-9-24-21(19)26-10-3-2-4-11-26/h5-9,16H,2-4,10-15H2,1H3,(H,25,28). The molecule has 2 amide bonds. The van der Waals surface area contributed by atoms with Gasteiger partial charge in [0, 0.05) is 55.1 Å². The molecule has 6 nitrogen and oxygen atoms in total. The molecule has 0 bridgehead atoms. The number of aromatic nitrogens is 1. The maximum absolute atomic E-state index is 13.0. The topological polar surface area (TPSA) is 65.5 Å². The van der Waals surface area contributed by atoms with Crippen molar-refractivity contribution >= 4 is 35.1 Å². The van der Waals surface area contributed by atoms with Crippen LogP contribution in [0.2, 0.25) is 0 Å². The van der Waals surface area contributed by atoms with Gasteiger partial charge < -0.3 is 15.1 Å².